The number of aryl methyl sites for hydroxylation is 1. The lowest BCUT2D eigenvalue weighted by Crippen LogP contribution is -2.26. The third kappa shape index (κ3) is 3.53. The van der Waals surface area contributed by atoms with Crippen LogP contribution in [0.15, 0.2) is 22.7 Å². The molecular weight excluding hydrogens is 322 g/mol. The van der Waals surface area contributed by atoms with Crippen LogP contribution >= 0.6 is 15.9 Å². The van der Waals surface area contributed by atoms with Gasteiger partial charge in [0.2, 0.25) is 0 Å². The summed E-state index contributed by atoms with van der Waals surface area (Å²) < 4.78 is 1.19. The van der Waals surface area contributed by atoms with Crippen LogP contribution in [0.1, 0.15) is 62.6 Å². The van der Waals surface area contributed by atoms with Crippen molar-refractivity contribution in [2.24, 2.45) is 17.8 Å². The first kappa shape index (κ1) is 15.6. The zero-order valence-electron chi connectivity index (χ0n) is 13.4. The molecule has 2 aliphatic carbocycles. The Labute approximate surface area is 138 Å². The average molecular weight is 350 g/mol. The van der Waals surface area contributed by atoms with Crippen molar-refractivity contribution < 1.29 is 0 Å². The first-order chi connectivity index (χ1) is 10.2. The van der Waals surface area contributed by atoms with Crippen molar-refractivity contribution in [1.82, 2.24) is 5.32 Å². The summed E-state index contributed by atoms with van der Waals surface area (Å²) in [7, 11) is 0. The molecule has 4 atom stereocenters. The Hall–Kier alpha value is -0.340. The summed E-state index contributed by atoms with van der Waals surface area (Å²) in [5.41, 5.74) is 2.93. The van der Waals surface area contributed by atoms with Crippen molar-refractivity contribution in [3.63, 3.8) is 0 Å². The van der Waals surface area contributed by atoms with Gasteiger partial charge in [-0.3, -0.25) is 0 Å². The molecule has 2 aliphatic rings. The van der Waals surface area contributed by atoms with Gasteiger partial charge < -0.3 is 5.32 Å². The highest BCUT2D eigenvalue weighted by Crippen LogP contribution is 2.51. The summed E-state index contributed by atoms with van der Waals surface area (Å²) in [5.74, 6) is 3.04. The van der Waals surface area contributed by atoms with Gasteiger partial charge in [0.15, 0.2) is 0 Å². The van der Waals surface area contributed by atoms with Gasteiger partial charge in [-0.15, -0.1) is 0 Å². The number of nitrogens with one attached hydrogen (secondary N) is 1. The van der Waals surface area contributed by atoms with E-state index in [1.807, 2.05) is 0 Å². The molecule has 1 aromatic carbocycles. The van der Waals surface area contributed by atoms with Gasteiger partial charge >= 0.3 is 0 Å². The van der Waals surface area contributed by atoms with Gasteiger partial charge in [0.25, 0.3) is 0 Å². The predicted octanol–water partition coefficient (Wildman–Crippen LogP) is 5.62. The van der Waals surface area contributed by atoms with Crippen LogP contribution in [0.5, 0.6) is 0 Å². The van der Waals surface area contributed by atoms with E-state index in [9.17, 15) is 0 Å². The number of hydrogen-bond donors (Lipinski definition) is 1. The third-order valence-corrected chi connectivity index (χ3v) is 6.16. The lowest BCUT2D eigenvalue weighted by Gasteiger charge is -2.28. The second kappa shape index (κ2) is 6.83. The second-order valence-corrected chi connectivity index (χ2v) is 8.09. The Morgan fingerprint density at radius 3 is 2.76 bits per heavy atom. The predicted molar refractivity (Wildman–Crippen MR) is 93.5 cm³/mol. The summed E-state index contributed by atoms with van der Waals surface area (Å²) in [6.07, 6.45) is 8.56. The Morgan fingerprint density at radius 1 is 1.29 bits per heavy atom. The topological polar surface area (TPSA) is 12.0 Å². The number of halogens is 1. The zero-order valence-corrected chi connectivity index (χ0v) is 15.0. The van der Waals surface area contributed by atoms with Crippen LogP contribution < -0.4 is 5.32 Å². The molecule has 2 bridgehead atoms. The molecule has 2 fully saturated rings. The van der Waals surface area contributed by atoms with E-state index in [-0.39, 0.29) is 0 Å². The minimum absolute atomic E-state index is 0.544. The van der Waals surface area contributed by atoms with Gasteiger partial charge in [-0.1, -0.05) is 35.3 Å². The van der Waals surface area contributed by atoms with Crippen LogP contribution in [0.2, 0.25) is 0 Å². The normalized spacial score (nSPS) is 29.0. The largest absolute Gasteiger partial charge is 0.310 e. The van der Waals surface area contributed by atoms with E-state index in [1.54, 1.807) is 0 Å². The second-order valence-electron chi connectivity index (χ2n) is 7.18. The molecule has 1 aromatic rings. The molecule has 0 aliphatic heterocycles. The Morgan fingerprint density at radius 2 is 2.14 bits per heavy atom. The summed E-state index contributed by atoms with van der Waals surface area (Å²) in [6, 6.07) is 7.32. The lowest BCUT2D eigenvalue weighted by molar-refractivity contribution is 0.279. The molecule has 116 valence electrons. The molecule has 1 nitrogen and oxygen atoms in total. The van der Waals surface area contributed by atoms with Crippen LogP contribution in [-0.4, -0.2) is 6.54 Å². The van der Waals surface area contributed by atoms with Gasteiger partial charge in [0.05, 0.1) is 0 Å². The number of hydrogen-bond acceptors (Lipinski definition) is 1. The van der Waals surface area contributed by atoms with Crippen molar-refractivity contribution in [3.8, 4) is 0 Å². The van der Waals surface area contributed by atoms with Crippen LogP contribution in [0.25, 0.3) is 0 Å². The molecule has 2 saturated carbocycles. The molecule has 0 heterocycles. The molecule has 21 heavy (non-hydrogen) atoms. The first-order valence-corrected chi connectivity index (χ1v) is 9.46. The Bertz CT molecular complexity index is 484. The van der Waals surface area contributed by atoms with E-state index in [2.05, 4.69) is 53.3 Å². The standard InChI is InChI=1S/C19H28BrN/c1-3-8-21-19(18-7-6-17(20)9-13(18)2)12-16-11-14-4-5-15(16)10-14/h6-7,9,14-16,19,21H,3-5,8,10-12H2,1-2H3. The van der Waals surface area contributed by atoms with Crippen LogP contribution in [0.4, 0.5) is 0 Å². The van der Waals surface area contributed by atoms with Gasteiger partial charge in [-0.2, -0.15) is 0 Å². The van der Waals surface area contributed by atoms with E-state index >= 15 is 0 Å². The van der Waals surface area contributed by atoms with Crippen molar-refractivity contribution in [2.45, 2.75) is 58.4 Å². The first-order valence-electron chi connectivity index (χ1n) is 8.66. The molecule has 2 heteroatoms. The average Bonchev–Trinajstić information content (AvgIpc) is 3.06. The van der Waals surface area contributed by atoms with Crippen LogP contribution in [0.3, 0.4) is 0 Å². The summed E-state index contributed by atoms with van der Waals surface area (Å²) in [5, 5.41) is 3.82. The molecule has 3 rings (SSSR count). The minimum atomic E-state index is 0.544. The van der Waals surface area contributed by atoms with Crippen molar-refractivity contribution in [2.75, 3.05) is 6.54 Å². The maximum atomic E-state index is 3.82. The fourth-order valence-electron chi connectivity index (χ4n) is 4.64. The molecule has 4 unspecified atom stereocenters. The number of fused-ring (bicyclic) bond motifs is 2. The number of rotatable bonds is 6. The molecular formula is C19H28BrN. The van der Waals surface area contributed by atoms with E-state index in [1.165, 1.54) is 54.1 Å². The van der Waals surface area contributed by atoms with Gasteiger partial charge in [-0.25, -0.2) is 0 Å². The monoisotopic (exact) mass is 349 g/mol. The van der Waals surface area contributed by atoms with E-state index in [4.69, 9.17) is 0 Å². The Balaban J connectivity index is 1.74. The molecule has 0 saturated heterocycles. The number of benzene rings is 1. The van der Waals surface area contributed by atoms with Crippen LogP contribution in [0, 0.1) is 24.7 Å². The van der Waals surface area contributed by atoms with Crippen molar-refractivity contribution >= 4 is 15.9 Å². The lowest BCUT2D eigenvalue weighted by atomic mass is 9.82. The minimum Gasteiger partial charge on any atom is -0.310 e. The SMILES string of the molecule is CCCNC(CC1CC2CCC1C2)c1ccc(Br)cc1C. The maximum absolute atomic E-state index is 3.82. The fourth-order valence-corrected chi connectivity index (χ4v) is 5.11. The van der Waals surface area contributed by atoms with Crippen LogP contribution in [-0.2, 0) is 0 Å². The highest BCUT2D eigenvalue weighted by Gasteiger charge is 2.40. The third-order valence-electron chi connectivity index (χ3n) is 5.67. The smallest absolute Gasteiger partial charge is 0.0325 e. The molecule has 0 spiro atoms. The van der Waals surface area contributed by atoms with Gasteiger partial charge in [0, 0.05) is 10.5 Å². The Kier molecular flexibility index (Phi) is 5.06. The van der Waals surface area contributed by atoms with Gasteiger partial charge in [0.1, 0.15) is 0 Å². The fraction of sp³-hybridized carbons (Fsp3) is 0.684. The molecule has 1 N–H and O–H groups in total. The maximum Gasteiger partial charge on any atom is 0.0325 e. The highest BCUT2D eigenvalue weighted by molar-refractivity contribution is 9.10. The van der Waals surface area contributed by atoms with Gasteiger partial charge in [-0.05, 0) is 86.6 Å². The molecule has 0 amide bonds. The van der Waals surface area contributed by atoms with E-state index in [0.29, 0.717) is 6.04 Å². The highest BCUT2D eigenvalue weighted by atomic mass is 79.9. The van der Waals surface area contributed by atoms with E-state index < -0.39 is 0 Å². The molecule has 0 radical (unpaired) electrons. The summed E-state index contributed by atoms with van der Waals surface area (Å²) in [6.45, 7) is 5.64. The summed E-state index contributed by atoms with van der Waals surface area (Å²) >= 11 is 3.59. The van der Waals surface area contributed by atoms with E-state index in [0.717, 1.165) is 24.3 Å². The summed E-state index contributed by atoms with van der Waals surface area (Å²) in [4.78, 5) is 0. The quantitative estimate of drug-likeness (QED) is 0.702. The van der Waals surface area contributed by atoms with Crippen molar-refractivity contribution in [3.05, 3.63) is 33.8 Å². The van der Waals surface area contributed by atoms with Crippen molar-refractivity contribution in [1.29, 1.82) is 0 Å². The zero-order chi connectivity index (χ0) is 14.8. The molecule has 0 aromatic heterocycles.